The number of carboxylic acids is 1. The zero-order valence-corrected chi connectivity index (χ0v) is 9.71. The molecule has 88 valence electrons. The number of pyridine rings is 1. The molecule has 0 fully saturated rings. The summed E-state index contributed by atoms with van der Waals surface area (Å²) < 4.78 is 0. The van der Waals surface area contributed by atoms with Gasteiger partial charge in [-0.15, -0.1) is 0 Å². The highest BCUT2D eigenvalue weighted by Gasteiger charge is 2.12. The Hall–Kier alpha value is -2.67. The molecule has 0 bridgehead atoms. The maximum absolute atomic E-state index is 11.2. The maximum Gasteiger partial charge on any atom is 0.336 e. The van der Waals surface area contributed by atoms with Gasteiger partial charge < -0.3 is 5.11 Å². The third-order valence-electron chi connectivity index (χ3n) is 2.58. The second-order valence-corrected chi connectivity index (χ2v) is 3.93. The molecule has 1 N–H and O–H groups in total. The fourth-order valence-electron chi connectivity index (χ4n) is 1.74. The predicted molar refractivity (Wildman–Crippen MR) is 66.1 cm³/mol. The number of nitrogens with zero attached hydrogens (tertiary/aromatic N) is 2. The summed E-state index contributed by atoms with van der Waals surface area (Å²) in [6, 6.07) is 8.79. The summed E-state index contributed by atoms with van der Waals surface area (Å²) in [4.78, 5) is 15.2. The van der Waals surface area contributed by atoms with Crippen molar-refractivity contribution in [2.75, 3.05) is 0 Å². The van der Waals surface area contributed by atoms with Crippen LogP contribution in [0.2, 0.25) is 0 Å². The van der Waals surface area contributed by atoms with Crippen molar-refractivity contribution in [1.82, 2.24) is 4.98 Å². The molecule has 0 aliphatic heterocycles. The van der Waals surface area contributed by atoms with Crippen LogP contribution in [0.5, 0.6) is 0 Å². The number of hydrogen-bond donors (Lipinski definition) is 1. The third-order valence-corrected chi connectivity index (χ3v) is 2.58. The molecule has 0 amide bonds. The largest absolute Gasteiger partial charge is 0.478 e. The van der Waals surface area contributed by atoms with Crippen molar-refractivity contribution >= 4 is 5.97 Å². The first-order valence-electron chi connectivity index (χ1n) is 5.31. The number of rotatable bonds is 2. The highest BCUT2D eigenvalue weighted by Crippen LogP contribution is 2.24. The molecule has 0 radical (unpaired) electrons. The molecule has 1 aromatic heterocycles. The Bertz CT molecular complexity index is 657. The van der Waals surface area contributed by atoms with Crippen molar-refractivity contribution in [1.29, 1.82) is 5.26 Å². The van der Waals surface area contributed by atoms with E-state index < -0.39 is 5.97 Å². The SMILES string of the molecule is Cc1ccc(-c2cncc(C#N)c2)c(C(=O)O)c1. The normalized spacial score (nSPS) is 9.78. The van der Waals surface area contributed by atoms with E-state index in [4.69, 9.17) is 5.26 Å². The second-order valence-electron chi connectivity index (χ2n) is 3.93. The first-order valence-corrected chi connectivity index (χ1v) is 5.31. The number of carbonyl (C=O) groups is 1. The number of aromatic carboxylic acids is 1. The van der Waals surface area contributed by atoms with Gasteiger partial charge in [-0.2, -0.15) is 5.26 Å². The quantitative estimate of drug-likeness (QED) is 0.872. The van der Waals surface area contributed by atoms with Crippen molar-refractivity contribution in [3.63, 3.8) is 0 Å². The molecule has 0 atom stereocenters. The van der Waals surface area contributed by atoms with E-state index in [2.05, 4.69) is 4.98 Å². The van der Waals surface area contributed by atoms with E-state index in [0.29, 0.717) is 16.7 Å². The predicted octanol–water partition coefficient (Wildman–Crippen LogP) is 2.63. The average Bonchev–Trinajstić information content (AvgIpc) is 2.38. The first-order chi connectivity index (χ1) is 8.61. The number of carboxylic acid groups (broad SMARTS) is 1. The van der Waals surface area contributed by atoms with Crippen LogP contribution >= 0.6 is 0 Å². The van der Waals surface area contributed by atoms with Gasteiger partial charge in [0.1, 0.15) is 6.07 Å². The van der Waals surface area contributed by atoms with E-state index in [1.165, 1.54) is 6.20 Å². The Morgan fingerprint density at radius 1 is 1.33 bits per heavy atom. The summed E-state index contributed by atoms with van der Waals surface area (Å²) in [5.41, 5.74) is 2.70. The van der Waals surface area contributed by atoms with Gasteiger partial charge in [-0.05, 0) is 24.6 Å². The molecule has 0 saturated carbocycles. The Balaban J connectivity index is 2.63. The number of benzene rings is 1. The van der Waals surface area contributed by atoms with Gasteiger partial charge in [-0.25, -0.2) is 4.79 Å². The van der Waals surface area contributed by atoms with Gasteiger partial charge >= 0.3 is 5.97 Å². The standard InChI is InChI=1S/C14H10N2O2/c1-9-2-3-12(13(4-9)14(17)18)11-5-10(6-15)7-16-8-11/h2-5,7-8H,1H3,(H,17,18). The fraction of sp³-hybridized carbons (Fsp3) is 0.0714. The zero-order chi connectivity index (χ0) is 13.1. The minimum absolute atomic E-state index is 0.215. The number of hydrogen-bond acceptors (Lipinski definition) is 3. The molecule has 0 aliphatic rings. The summed E-state index contributed by atoms with van der Waals surface area (Å²) in [5.74, 6) is -0.990. The molecule has 0 unspecified atom stereocenters. The van der Waals surface area contributed by atoms with Crippen molar-refractivity contribution in [3.05, 3.63) is 53.3 Å². The number of aromatic nitrogens is 1. The van der Waals surface area contributed by atoms with Gasteiger partial charge in [0.25, 0.3) is 0 Å². The molecule has 4 nitrogen and oxygen atoms in total. The lowest BCUT2D eigenvalue weighted by Gasteiger charge is -2.07. The summed E-state index contributed by atoms with van der Waals surface area (Å²) >= 11 is 0. The molecule has 0 spiro atoms. The minimum atomic E-state index is -0.990. The molecule has 1 heterocycles. The Kier molecular flexibility index (Phi) is 3.07. The highest BCUT2D eigenvalue weighted by molar-refractivity contribution is 5.96. The highest BCUT2D eigenvalue weighted by atomic mass is 16.4. The molecule has 0 aliphatic carbocycles. The fourth-order valence-corrected chi connectivity index (χ4v) is 1.74. The lowest BCUT2D eigenvalue weighted by molar-refractivity contribution is 0.0697. The van der Waals surface area contributed by atoms with Gasteiger partial charge in [0.15, 0.2) is 0 Å². The Labute approximate surface area is 104 Å². The van der Waals surface area contributed by atoms with Crippen LogP contribution in [-0.2, 0) is 0 Å². The number of nitriles is 1. The van der Waals surface area contributed by atoms with Gasteiger partial charge in [-0.3, -0.25) is 4.98 Å². The van der Waals surface area contributed by atoms with Gasteiger partial charge in [0.2, 0.25) is 0 Å². The van der Waals surface area contributed by atoms with Gasteiger partial charge in [-0.1, -0.05) is 17.7 Å². The van der Waals surface area contributed by atoms with Crippen molar-refractivity contribution in [2.45, 2.75) is 6.92 Å². The van der Waals surface area contributed by atoms with Crippen molar-refractivity contribution in [3.8, 4) is 17.2 Å². The Morgan fingerprint density at radius 3 is 2.78 bits per heavy atom. The molecule has 1 aromatic carbocycles. The van der Waals surface area contributed by atoms with Crippen LogP contribution in [0, 0.1) is 18.3 Å². The lowest BCUT2D eigenvalue weighted by atomic mass is 9.98. The Morgan fingerprint density at radius 2 is 2.11 bits per heavy atom. The van der Waals surface area contributed by atoms with Gasteiger partial charge in [0.05, 0.1) is 11.1 Å². The van der Waals surface area contributed by atoms with E-state index >= 15 is 0 Å². The summed E-state index contributed by atoms with van der Waals surface area (Å²) in [7, 11) is 0. The van der Waals surface area contributed by atoms with Crippen LogP contribution in [-0.4, -0.2) is 16.1 Å². The van der Waals surface area contributed by atoms with Crippen LogP contribution < -0.4 is 0 Å². The third kappa shape index (κ3) is 2.20. The number of aryl methyl sites for hydroxylation is 1. The molecular formula is C14H10N2O2. The monoisotopic (exact) mass is 238 g/mol. The molecule has 2 rings (SSSR count). The summed E-state index contributed by atoms with van der Waals surface area (Å²) in [6.45, 7) is 1.83. The molecule has 0 saturated heterocycles. The van der Waals surface area contributed by atoms with Crippen LogP contribution in [0.4, 0.5) is 0 Å². The first kappa shape index (κ1) is 11.8. The van der Waals surface area contributed by atoms with E-state index in [1.54, 1.807) is 24.4 Å². The van der Waals surface area contributed by atoms with E-state index in [-0.39, 0.29) is 5.56 Å². The second kappa shape index (κ2) is 4.68. The molecule has 18 heavy (non-hydrogen) atoms. The van der Waals surface area contributed by atoms with E-state index in [0.717, 1.165) is 5.56 Å². The van der Waals surface area contributed by atoms with Crippen LogP contribution in [0.1, 0.15) is 21.5 Å². The maximum atomic E-state index is 11.2. The summed E-state index contributed by atoms with van der Waals surface area (Å²) in [5, 5.41) is 18.0. The molecule has 2 aromatic rings. The van der Waals surface area contributed by atoms with E-state index in [1.807, 2.05) is 19.1 Å². The lowest BCUT2D eigenvalue weighted by Crippen LogP contribution is -2.00. The van der Waals surface area contributed by atoms with Crippen molar-refractivity contribution in [2.24, 2.45) is 0 Å². The molecular weight excluding hydrogens is 228 g/mol. The minimum Gasteiger partial charge on any atom is -0.478 e. The zero-order valence-electron chi connectivity index (χ0n) is 9.71. The average molecular weight is 238 g/mol. The topological polar surface area (TPSA) is 74.0 Å². The summed E-state index contributed by atoms with van der Waals surface area (Å²) in [6.07, 6.45) is 3.00. The van der Waals surface area contributed by atoms with Crippen LogP contribution in [0.15, 0.2) is 36.7 Å². The van der Waals surface area contributed by atoms with Crippen LogP contribution in [0.3, 0.4) is 0 Å². The van der Waals surface area contributed by atoms with Crippen molar-refractivity contribution < 1.29 is 9.90 Å². The smallest absolute Gasteiger partial charge is 0.336 e. The van der Waals surface area contributed by atoms with Gasteiger partial charge in [0, 0.05) is 18.0 Å². The van der Waals surface area contributed by atoms with Crippen LogP contribution in [0.25, 0.3) is 11.1 Å². The molecule has 4 heteroatoms. The van der Waals surface area contributed by atoms with E-state index in [9.17, 15) is 9.90 Å².